The fourth-order valence-electron chi connectivity index (χ4n) is 3.54. The van der Waals surface area contributed by atoms with E-state index in [2.05, 4.69) is 53.2 Å². The summed E-state index contributed by atoms with van der Waals surface area (Å²) in [5.41, 5.74) is 13.0. The van der Waals surface area contributed by atoms with Crippen molar-refractivity contribution in [1.82, 2.24) is 20.1 Å². The number of aromatic nitrogens is 3. The molecule has 0 saturated heterocycles. The fraction of sp³-hybridized carbons (Fsp3) is 0.333. The van der Waals surface area contributed by atoms with Crippen molar-refractivity contribution in [2.75, 3.05) is 18.8 Å². The highest BCUT2D eigenvalue weighted by atomic mass is 15.2. The lowest BCUT2D eigenvalue weighted by Gasteiger charge is -2.29. The quantitative estimate of drug-likeness (QED) is 0.763. The van der Waals surface area contributed by atoms with Gasteiger partial charge in [0.2, 0.25) is 0 Å². The van der Waals surface area contributed by atoms with Crippen molar-refractivity contribution in [2.45, 2.75) is 26.8 Å². The number of hydrogen-bond donors (Lipinski definition) is 2. The van der Waals surface area contributed by atoms with Crippen LogP contribution in [0.15, 0.2) is 24.3 Å². The molecule has 0 amide bonds. The molecular weight excluding hydrogens is 286 g/mol. The van der Waals surface area contributed by atoms with Crippen LogP contribution in [-0.4, -0.2) is 33.2 Å². The molecular formula is C18H21N5. The van der Waals surface area contributed by atoms with Crippen molar-refractivity contribution in [1.29, 1.82) is 0 Å². The molecule has 3 N–H and O–H groups in total. The Morgan fingerprint density at radius 3 is 2.87 bits per heavy atom. The van der Waals surface area contributed by atoms with E-state index < -0.39 is 0 Å². The normalized spacial score (nSPS) is 15.0. The van der Waals surface area contributed by atoms with Gasteiger partial charge in [-0.25, -0.2) is 4.98 Å². The summed E-state index contributed by atoms with van der Waals surface area (Å²) in [6, 6.07) is 8.41. The molecule has 0 bridgehead atoms. The van der Waals surface area contributed by atoms with Gasteiger partial charge in [0.05, 0.1) is 11.1 Å². The van der Waals surface area contributed by atoms with Crippen LogP contribution in [0.5, 0.6) is 0 Å². The molecule has 3 aromatic rings. The van der Waals surface area contributed by atoms with Crippen molar-refractivity contribution >= 4 is 16.9 Å². The van der Waals surface area contributed by atoms with Crippen molar-refractivity contribution in [3.8, 4) is 11.3 Å². The summed E-state index contributed by atoms with van der Waals surface area (Å²) in [7, 11) is 0. The van der Waals surface area contributed by atoms with Crippen LogP contribution in [0.3, 0.4) is 0 Å². The van der Waals surface area contributed by atoms with Gasteiger partial charge in [0.15, 0.2) is 5.65 Å². The van der Waals surface area contributed by atoms with E-state index in [1.165, 1.54) is 22.3 Å². The highest BCUT2D eigenvalue weighted by Crippen LogP contribution is 2.36. The Balaban J connectivity index is 2.02. The van der Waals surface area contributed by atoms with E-state index in [9.17, 15) is 0 Å². The van der Waals surface area contributed by atoms with Gasteiger partial charge in [0, 0.05) is 18.7 Å². The number of fused-ring (bicyclic) bond motifs is 3. The number of likely N-dealkylation sites (N-methyl/N-ethyl adjacent to an activating group) is 1. The molecule has 0 fully saturated rings. The fourth-order valence-corrected chi connectivity index (χ4v) is 3.54. The predicted octanol–water partition coefficient (Wildman–Crippen LogP) is 2.89. The Morgan fingerprint density at radius 2 is 2.09 bits per heavy atom. The minimum absolute atomic E-state index is 0.623. The molecule has 0 unspecified atom stereocenters. The molecule has 3 heterocycles. The van der Waals surface area contributed by atoms with Crippen LogP contribution in [0.25, 0.3) is 22.3 Å². The average molecular weight is 307 g/mol. The number of rotatable bonds is 2. The Labute approximate surface area is 135 Å². The van der Waals surface area contributed by atoms with Crippen molar-refractivity contribution in [3.05, 3.63) is 41.0 Å². The van der Waals surface area contributed by atoms with Gasteiger partial charge in [0.1, 0.15) is 5.82 Å². The summed E-state index contributed by atoms with van der Waals surface area (Å²) in [4.78, 5) is 7.29. The topological polar surface area (TPSA) is 70.8 Å². The van der Waals surface area contributed by atoms with Crippen molar-refractivity contribution < 1.29 is 0 Å². The second-order valence-corrected chi connectivity index (χ2v) is 6.19. The summed E-state index contributed by atoms with van der Waals surface area (Å²) < 4.78 is 0. The van der Waals surface area contributed by atoms with Crippen LogP contribution in [0.4, 0.5) is 5.82 Å². The highest BCUT2D eigenvalue weighted by molar-refractivity contribution is 5.93. The molecule has 4 rings (SSSR count). The number of nitrogens with two attached hydrogens (primary N) is 1. The number of pyridine rings is 1. The predicted molar refractivity (Wildman–Crippen MR) is 93.1 cm³/mol. The minimum atomic E-state index is 0.623. The van der Waals surface area contributed by atoms with E-state index >= 15 is 0 Å². The molecule has 23 heavy (non-hydrogen) atoms. The number of aromatic amines is 1. The van der Waals surface area contributed by atoms with Crippen LogP contribution in [0.1, 0.15) is 23.6 Å². The number of nitrogens with zero attached hydrogens (tertiary/aromatic N) is 3. The third kappa shape index (κ3) is 2.19. The Bertz CT molecular complexity index is 880. The lowest BCUT2D eigenvalue weighted by molar-refractivity contribution is 0.269. The molecule has 0 saturated carbocycles. The van der Waals surface area contributed by atoms with Gasteiger partial charge in [-0.05, 0) is 36.6 Å². The molecule has 1 aliphatic rings. The number of nitrogens with one attached hydrogen (secondary N) is 1. The molecule has 118 valence electrons. The summed E-state index contributed by atoms with van der Waals surface area (Å²) in [5, 5.41) is 8.21. The zero-order chi connectivity index (χ0) is 16.0. The number of hydrogen-bond acceptors (Lipinski definition) is 4. The average Bonchev–Trinajstić information content (AvgIpc) is 2.95. The summed E-state index contributed by atoms with van der Waals surface area (Å²) >= 11 is 0. The first-order valence-corrected chi connectivity index (χ1v) is 8.12. The molecule has 1 aliphatic heterocycles. The smallest absolute Gasteiger partial charge is 0.184 e. The highest BCUT2D eigenvalue weighted by Gasteiger charge is 2.25. The van der Waals surface area contributed by atoms with Crippen LogP contribution in [0.2, 0.25) is 0 Å². The maximum absolute atomic E-state index is 6.13. The monoisotopic (exact) mass is 307 g/mol. The summed E-state index contributed by atoms with van der Waals surface area (Å²) in [6.45, 7) is 7.35. The Morgan fingerprint density at radius 1 is 1.26 bits per heavy atom. The third-order valence-electron chi connectivity index (χ3n) is 4.85. The molecule has 5 nitrogen and oxygen atoms in total. The number of anilines is 1. The number of aryl methyl sites for hydroxylation is 1. The maximum atomic E-state index is 6.13. The van der Waals surface area contributed by atoms with E-state index in [-0.39, 0.29) is 0 Å². The van der Waals surface area contributed by atoms with Crippen molar-refractivity contribution in [3.63, 3.8) is 0 Å². The van der Waals surface area contributed by atoms with Crippen molar-refractivity contribution in [2.24, 2.45) is 0 Å². The van der Waals surface area contributed by atoms with Crippen LogP contribution < -0.4 is 5.73 Å². The molecule has 0 aliphatic carbocycles. The lowest BCUT2D eigenvalue weighted by Crippen LogP contribution is -2.31. The summed E-state index contributed by atoms with van der Waals surface area (Å²) in [5.74, 6) is 0.623. The minimum Gasteiger partial charge on any atom is -0.384 e. The molecule has 0 atom stereocenters. The SMILES string of the molecule is CCN1CCc2c(-c3ccccc3C)nc3n[nH]c(N)c3c2C1. The second-order valence-electron chi connectivity index (χ2n) is 6.19. The van der Waals surface area contributed by atoms with Gasteiger partial charge in [-0.1, -0.05) is 31.2 Å². The van der Waals surface area contributed by atoms with Gasteiger partial charge >= 0.3 is 0 Å². The van der Waals surface area contributed by atoms with Gasteiger partial charge < -0.3 is 5.73 Å². The number of benzene rings is 1. The molecule has 2 aromatic heterocycles. The van der Waals surface area contributed by atoms with E-state index in [1.807, 2.05) is 0 Å². The number of H-pyrrole nitrogens is 1. The number of nitrogen functional groups attached to an aromatic ring is 1. The van der Waals surface area contributed by atoms with Crippen LogP contribution >= 0.6 is 0 Å². The van der Waals surface area contributed by atoms with E-state index in [4.69, 9.17) is 10.7 Å². The second kappa shape index (κ2) is 5.35. The zero-order valence-electron chi connectivity index (χ0n) is 13.6. The lowest BCUT2D eigenvalue weighted by atomic mass is 9.91. The third-order valence-corrected chi connectivity index (χ3v) is 4.85. The molecule has 0 radical (unpaired) electrons. The Kier molecular flexibility index (Phi) is 3.31. The Hall–Kier alpha value is -2.40. The first-order chi connectivity index (χ1) is 11.2. The van der Waals surface area contributed by atoms with Gasteiger partial charge in [-0.2, -0.15) is 5.10 Å². The van der Waals surface area contributed by atoms with E-state index in [1.54, 1.807) is 0 Å². The van der Waals surface area contributed by atoms with E-state index in [0.717, 1.165) is 42.8 Å². The van der Waals surface area contributed by atoms with Crippen LogP contribution in [0, 0.1) is 6.92 Å². The zero-order valence-corrected chi connectivity index (χ0v) is 13.6. The molecule has 1 aromatic carbocycles. The first kappa shape index (κ1) is 14.2. The van der Waals surface area contributed by atoms with Gasteiger partial charge in [-0.15, -0.1) is 0 Å². The largest absolute Gasteiger partial charge is 0.384 e. The van der Waals surface area contributed by atoms with Gasteiger partial charge in [0.25, 0.3) is 0 Å². The maximum Gasteiger partial charge on any atom is 0.184 e. The molecule has 5 heteroatoms. The van der Waals surface area contributed by atoms with E-state index in [0.29, 0.717) is 5.82 Å². The summed E-state index contributed by atoms with van der Waals surface area (Å²) in [6.07, 6.45) is 1.00. The standard InChI is InChI=1S/C18H21N5/c1-3-23-9-8-13-14(10-23)15-17(19)21-22-18(15)20-16(13)12-7-5-4-6-11(12)2/h4-7H,3,8-10H2,1-2H3,(H3,19,20,21,22). The molecule has 0 spiro atoms. The van der Waals surface area contributed by atoms with Gasteiger partial charge in [-0.3, -0.25) is 10.00 Å². The first-order valence-electron chi connectivity index (χ1n) is 8.12. The van der Waals surface area contributed by atoms with Crippen LogP contribution in [-0.2, 0) is 13.0 Å².